The highest BCUT2D eigenvalue weighted by Gasteiger charge is 2.21. The van der Waals surface area contributed by atoms with Gasteiger partial charge in [-0.15, -0.1) is 0 Å². The molecule has 0 aromatic carbocycles. The van der Waals surface area contributed by atoms with Crippen molar-refractivity contribution < 1.29 is 9.53 Å². The van der Waals surface area contributed by atoms with Crippen LogP contribution in [0.5, 0.6) is 0 Å². The Balaban J connectivity index is 1.77. The van der Waals surface area contributed by atoms with Gasteiger partial charge in [0.05, 0.1) is 18.4 Å². The second-order valence-corrected chi connectivity index (χ2v) is 6.03. The smallest absolute Gasteiger partial charge is 0.317 e. The molecule has 2 heterocycles. The Bertz CT molecular complexity index is 486. The average molecular weight is 294 g/mol. The lowest BCUT2D eigenvalue weighted by Crippen LogP contribution is -2.49. The van der Waals surface area contributed by atoms with E-state index >= 15 is 0 Å². The molecule has 6 nitrogen and oxygen atoms in total. The van der Waals surface area contributed by atoms with Gasteiger partial charge in [-0.3, -0.25) is 4.68 Å². The number of morpholine rings is 1. The molecular formula is C15H26N4O2. The maximum Gasteiger partial charge on any atom is 0.317 e. The zero-order chi connectivity index (χ0) is 15.4. The molecule has 1 aromatic heterocycles. The molecular weight excluding hydrogens is 268 g/mol. The van der Waals surface area contributed by atoms with Crippen molar-refractivity contribution in [1.29, 1.82) is 0 Å². The van der Waals surface area contributed by atoms with Crippen LogP contribution in [0.25, 0.3) is 0 Å². The van der Waals surface area contributed by atoms with Crippen molar-refractivity contribution in [3.05, 3.63) is 17.5 Å². The van der Waals surface area contributed by atoms with E-state index in [2.05, 4.69) is 30.3 Å². The summed E-state index contributed by atoms with van der Waals surface area (Å²) in [6, 6.07) is 2.07. The van der Waals surface area contributed by atoms with Crippen molar-refractivity contribution in [2.75, 3.05) is 26.2 Å². The maximum atomic E-state index is 12.1. The number of ether oxygens (including phenoxy) is 1. The fraction of sp³-hybridized carbons (Fsp3) is 0.733. The molecule has 0 saturated carbocycles. The molecule has 1 saturated heterocycles. The van der Waals surface area contributed by atoms with Gasteiger partial charge in [0, 0.05) is 31.9 Å². The summed E-state index contributed by atoms with van der Waals surface area (Å²) in [5.74, 6) is 0.338. The third kappa shape index (κ3) is 4.46. The van der Waals surface area contributed by atoms with Crippen molar-refractivity contribution in [2.24, 2.45) is 5.92 Å². The lowest BCUT2D eigenvalue weighted by atomic mass is 10.2. The molecule has 0 unspecified atom stereocenters. The van der Waals surface area contributed by atoms with Gasteiger partial charge in [0.15, 0.2) is 0 Å². The van der Waals surface area contributed by atoms with E-state index in [0.29, 0.717) is 32.2 Å². The summed E-state index contributed by atoms with van der Waals surface area (Å²) >= 11 is 0. The molecule has 1 aromatic rings. The van der Waals surface area contributed by atoms with Gasteiger partial charge in [0.2, 0.25) is 0 Å². The Kier molecular flexibility index (Phi) is 5.22. The highest BCUT2D eigenvalue weighted by molar-refractivity contribution is 5.74. The maximum absolute atomic E-state index is 12.1. The van der Waals surface area contributed by atoms with Crippen LogP contribution < -0.4 is 5.32 Å². The first-order chi connectivity index (χ1) is 9.95. The number of hydrogen-bond acceptors (Lipinski definition) is 3. The fourth-order valence-corrected chi connectivity index (χ4v) is 2.60. The Morgan fingerprint density at radius 1 is 1.57 bits per heavy atom. The summed E-state index contributed by atoms with van der Waals surface area (Å²) in [6.45, 7) is 11.6. The standard InChI is InChI=1S/C15H26N4O2/c1-11(9-19-13(3)7-12(2)17-19)8-16-15(20)18-5-6-21-14(4)10-18/h7,11,14H,5-6,8-10H2,1-4H3,(H,16,20)/t11-,14-/m1/s1. The summed E-state index contributed by atoms with van der Waals surface area (Å²) < 4.78 is 7.45. The number of hydrogen-bond donors (Lipinski definition) is 1. The van der Waals surface area contributed by atoms with Crippen LogP contribution in [0.2, 0.25) is 0 Å². The van der Waals surface area contributed by atoms with E-state index in [1.54, 1.807) is 0 Å². The molecule has 0 aliphatic carbocycles. The van der Waals surface area contributed by atoms with Crippen LogP contribution in [-0.2, 0) is 11.3 Å². The van der Waals surface area contributed by atoms with Gasteiger partial charge >= 0.3 is 6.03 Å². The number of amides is 2. The van der Waals surface area contributed by atoms with Crippen LogP contribution in [0.15, 0.2) is 6.07 Å². The largest absolute Gasteiger partial charge is 0.375 e. The predicted molar refractivity (Wildman–Crippen MR) is 81.3 cm³/mol. The Hall–Kier alpha value is -1.56. The molecule has 1 fully saturated rings. The van der Waals surface area contributed by atoms with Crippen LogP contribution in [0.3, 0.4) is 0 Å². The molecule has 1 N–H and O–H groups in total. The van der Waals surface area contributed by atoms with Gasteiger partial charge in [-0.2, -0.15) is 5.10 Å². The van der Waals surface area contributed by atoms with Crippen molar-refractivity contribution in [1.82, 2.24) is 20.0 Å². The Morgan fingerprint density at radius 3 is 2.95 bits per heavy atom. The van der Waals surface area contributed by atoms with E-state index in [1.165, 1.54) is 0 Å². The second-order valence-electron chi connectivity index (χ2n) is 6.03. The number of aryl methyl sites for hydroxylation is 2. The molecule has 6 heteroatoms. The number of rotatable bonds is 4. The Labute approximate surface area is 126 Å². The first-order valence-corrected chi connectivity index (χ1v) is 7.61. The van der Waals surface area contributed by atoms with E-state index in [-0.39, 0.29) is 12.1 Å². The lowest BCUT2D eigenvalue weighted by molar-refractivity contribution is -0.00357. The third-order valence-electron chi connectivity index (χ3n) is 3.72. The predicted octanol–water partition coefficient (Wildman–Crippen LogP) is 1.57. The number of carbonyl (C=O) groups excluding carboxylic acids is 1. The third-order valence-corrected chi connectivity index (χ3v) is 3.72. The van der Waals surface area contributed by atoms with E-state index in [9.17, 15) is 4.79 Å². The minimum Gasteiger partial charge on any atom is -0.375 e. The molecule has 2 rings (SSSR count). The monoisotopic (exact) mass is 294 g/mol. The zero-order valence-corrected chi connectivity index (χ0v) is 13.4. The molecule has 2 amide bonds. The van der Waals surface area contributed by atoms with Gasteiger partial charge in [0.1, 0.15) is 0 Å². The van der Waals surface area contributed by atoms with Crippen molar-refractivity contribution in [3.8, 4) is 0 Å². The van der Waals surface area contributed by atoms with Gasteiger partial charge in [-0.25, -0.2) is 4.79 Å². The summed E-state index contributed by atoms with van der Waals surface area (Å²) in [5.41, 5.74) is 2.19. The summed E-state index contributed by atoms with van der Waals surface area (Å²) in [7, 11) is 0. The van der Waals surface area contributed by atoms with Crippen LogP contribution >= 0.6 is 0 Å². The van der Waals surface area contributed by atoms with E-state index in [4.69, 9.17) is 4.74 Å². The number of urea groups is 1. The number of nitrogens with one attached hydrogen (secondary N) is 1. The number of aromatic nitrogens is 2. The summed E-state index contributed by atoms with van der Waals surface area (Å²) in [5, 5.41) is 7.46. The molecule has 0 radical (unpaired) electrons. The van der Waals surface area contributed by atoms with E-state index < -0.39 is 0 Å². The second kappa shape index (κ2) is 6.93. The van der Waals surface area contributed by atoms with Crippen molar-refractivity contribution in [2.45, 2.75) is 40.3 Å². The van der Waals surface area contributed by atoms with Gasteiger partial charge in [-0.1, -0.05) is 6.92 Å². The van der Waals surface area contributed by atoms with Crippen LogP contribution in [0.1, 0.15) is 25.2 Å². The summed E-state index contributed by atoms with van der Waals surface area (Å²) in [4.78, 5) is 13.9. The van der Waals surface area contributed by atoms with Crippen LogP contribution in [0.4, 0.5) is 4.79 Å². The average Bonchev–Trinajstić information content (AvgIpc) is 2.74. The minimum absolute atomic E-state index is 0.00497. The van der Waals surface area contributed by atoms with Crippen molar-refractivity contribution >= 4 is 6.03 Å². The number of nitrogens with zero attached hydrogens (tertiary/aromatic N) is 3. The molecule has 118 valence electrons. The molecule has 1 aliphatic heterocycles. The molecule has 0 spiro atoms. The minimum atomic E-state index is 0.00497. The fourth-order valence-electron chi connectivity index (χ4n) is 2.60. The first kappa shape index (κ1) is 15.8. The molecule has 2 atom stereocenters. The highest BCUT2D eigenvalue weighted by atomic mass is 16.5. The van der Waals surface area contributed by atoms with Crippen LogP contribution in [-0.4, -0.2) is 53.1 Å². The Morgan fingerprint density at radius 2 is 2.33 bits per heavy atom. The highest BCUT2D eigenvalue weighted by Crippen LogP contribution is 2.07. The van der Waals surface area contributed by atoms with Crippen LogP contribution in [0, 0.1) is 19.8 Å². The molecule has 0 bridgehead atoms. The first-order valence-electron chi connectivity index (χ1n) is 7.61. The molecule has 1 aliphatic rings. The normalized spacial score (nSPS) is 20.4. The summed E-state index contributed by atoms with van der Waals surface area (Å²) in [6.07, 6.45) is 0.122. The lowest BCUT2D eigenvalue weighted by Gasteiger charge is -2.31. The SMILES string of the molecule is Cc1cc(C)n(C[C@H](C)CNC(=O)N2CCO[C@H](C)C2)n1. The van der Waals surface area contributed by atoms with Gasteiger partial charge in [-0.05, 0) is 32.8 Å². The van der Waals surface area contributed by atoms with E-state index in [0.717, 1.165) is 17.9 Å². The topological polar surface area (TPSA) is 59.4 Å². The number of carbonyl (C=O) groups is 1. The van der Waals surface area contributed by atoms with Gasteiger partial charge < -0.3 is 15.0 Å². The van der Waals surface area contributed by atoms with E-state index in [1.807, 2.05) is 23.4 Å². The quantitative estimate of drug-likeness (QED) is 0.917. The molecule has 21 heavy (non-hydrogen) atoms. The van der Waals surface area contributed by atoms with Crippen molar-refractivity contribution in [3.63, 3.8) is 0 Å². The van der Waals surface area contributed by atoms with Gasteiger partial charge in [0.25, 0.3) is 0 Å². The zero-order valence-electron chi connectivity index (χ0n) is 13.4.